The second-order valence-corrected chi connectivity index (χ2v) is 11.5. The largest absolute Gasteiger partial charge is 0.573 e. The minimum Gasteiger partial charge on any atom is -0.491 e. The van der Waals surface area contributed by atoms with Gasteiger partial charge in [-0.2, -0.15) is 4.31 Å². The third-order valence-electron chi connectivity index (χ3n) is 5.90. The predicted octanol–water partition coefficient (Wildman–Crippen LogP) is 5.10. The normalized spacial score (nSPS) is 15.5. The van der Waals surface area contributed by atoms with Crippen LogP contribution in [0.3, 0.4) is 0 Å². The Bertz CT molecular complexity index is 1200. The highest BCUT2D eigenvalue weighted by Gasteiger charge is 2.36. The van der Waals surface area contributed by atoms with Crippen molar-refractivity contribution < 1.29 is 40.2 Å². The first-order valence-corrected chi connectivity index (χ1v) is 13.2. The van der Waals surface area contributed by atoms with Crippen LogP contribution < -0.4 is 9.47 Å². The summed E-state index contributed by atoms with van der Waals surface area (Å²) in [5, 5.41) is 0.262. The lowest BCUT2D eigenvalue weighted by atomic mass is 9.86. The Kier molecular flexibility index (Phi) is 8.97. The quantitative estimate of drug-likeness (QED) is 0.312. The topological polar surface area (TPSA) is 76.2 Å². The first-order chi connectivity index (χ1) is 17.2. The molecule has 13 heteroatoms. The highest BCUT2D eigenvalue weighted by atomic mass is 35.5. The number of hydrogen-bond acceptors (Lipinski definition) is 5. The molecule has 0 radical (unpaired) electrons. The van der Waals surface area contributed by atoms with E-state index in [1.165, 1.54) is 16.4 Å². The van der Waals surface area contributed by atoms with Crippen molar-refractivity contribution >= 4 is 27.5 Å². The van der Waals surface area contributed by atoms with Gasteiger partial charge in [-0.15, -0.1) is 13.2 Å². The molecule has 0 spiro atoms. The fraction of sp³-hybridized carbons (Fsp3) is 0.458. The molecule has 1 saturated heterocycles. The fourth-order valence-electron chi connectivity index (χ4n) is 3.92. The maximum atomic E-state index is 13.8. The van der Waals surface area contributed by atoms with E-state index in [1.54, 1.807) is 18.7 Å². The van der Waals surface area contributed by atoms with Crippen molar-refractivity contribution in [1.29, 1.82) is 0 Å². The summed E-state index contributed by atoms with van der Waals surface area (Å²) in [6.07, 6.45) is -3.92. The van der Waals surface area contributed by atoms with E-state index in [2.05, 4.69) is 4.74 Å². The summed E-state index contributed by atoms with van der Waals surface area (Å²) in [5.41, 5.74) is -0.753. The number of alkyl halides is 3. The molecule has 0 saturated carbocycles. The highest BCUT2D eigenvalue weighted by molar-refractivity contribution is 7.89. The minimum atomic E-state index is -4.88. The number of nitrogens with zero attached hydrogens (tertiary/aromatic N) is 2. The average Bonchev–Trinajstić information content (AvgIpc) is 2.82. The van der Waals surface area contributed by atoms with Crippen molar-refractivity contribution in [2.24, 2.45) is 5.41 Å². The monoisotopic (exact) mass is 566 g/mol. The lowest BCUT2D eigenvalue weighted by Crippen LogP contribution is -2.53. The molecule has 0 bridgehead atoms. The van der Waals surface area contributed by atoms with Gasteiger partial charge in [0.25, 0.3) is 0 Å². The molecule has 0 unspecified atom stereocenters. The van der Waals surface area contributed by atoms with Gasteiger partial charge >= 0.3 is 6.36 Å². The molecular formula is C24H27ClF4N2O5S. The number of amides is 1. The maximum Gasteiger partial charge on any atom is 0.573 e. The van der Waals surface area contributed by atoms with Crippen molar-refractivity contribution in [3.8, 4) is 11.5 Å². The van der Waals surface area contributed by atoms with E-state index in [9.17, 15) is 30.8 Å². The lowest BCUT2D eigenvalue weighted by molar-refractivity contribution is -0.274. The molecule has 1 heterocycles. The Hall–Kier alpha value is -2.57. The zero-order valence-corrected chi connectivity index (χ0v) is 21.8. The second-order valence-electron chi connectivity index (χ2n) is 9.13. The van der Waals surface area contributed by atoms with E-state index < -0.39 is 33.4 Å². The molecule has 1 aliphatic heterocycles. The van der Waals surface area contributed by atoms with Gasteiger partial charge in [-0.3, -0.25) is 4.79 Å². The molecule has 1 amide bonds. The van der Waals surface area contributed by atoms with Crippen molar-refractivity contribution in [2.75, 3.05) is 32.8 Å². The van der Waals surface area contributed by atoms with Crippen LogP contribution in [0.5, 0.6) is 11.5 Å². The van der Waals surface area contributed by atoms with Gasteiger partial charge in [-0.1, -0.05) is 25.4 Å². The first kappa shape index (κ1) is 29.0. The van der Waals surface area contributed by atoms with Crippen molar-refractivity contribution in [2.45, 2.75) is 37.9 Å². The fourth-order valence-corrected chi connectivity index (χ4v) is 5.50. The molecule has 1 fully saturated rings. The van der Waals surface area contributed by atoms with Gasteiger partial charge in [0.15, 0.2) is 11.6 Å². The van der Waals surface area contributed by atoms with Crippen LogP contribution in [0.25, 0.3) is 0 Å². The minimum absolute atomic E-state index is 0.0455. The number of halogens is 5. The summed E-state index contributed by atoms with van der Waals surface area (Å²) >= 11 is 5.72. The van der Waals surface area contributed by atoms with Gasteiger partial charge < -0.3 is 14.4 Å². The molecule has 3 rings (SSSR count). The molecular weight excluding hydrogens is 540 g/mol. The zero-order valence-electron chi connectivity index (χ0n) is 20.2. The summed E-state index contributed by atoms with van der Waals surface area (Å²) in [6, 6.07) is 8.09. The van der Waals surface area contributed by atoms with Crippen LogP contribution in [0.1, 0.15) is 26.7 Å². The van der Waals surface area contributed by atoms with Crippen LogP contribution in [-0.2, 0) is 14.8 Å². The molecule has 2 aromatic rings. The summed E-state index contributed by atoms with van der Waals surface area (Å²) in [6.45, 7) is 4.20. The Morgan fingerprint density at radius 2 is 1.65 bits per heavy atom. The van der Waals surface area contributed by atoms with Gasteiger partial charge in [-0.25, -0.2) is 12.8 Å². The van der Waals surface area contributed by atoms with Gasteiger partial charge in [0.05, 0.1) is 11.5 Å². The van der Waals surface area contributed by atoms with E-state index in [1.807, 2.05) is 0 Å². The van der Waals surface area contributed by atoms with E-state index in [4.69, 9.17) is 16.3 Å². The molecule has 1 aliphatic rings. The van der Waals surface area contributed by atoms with Crippen LogP contribution in [0, 0.1) is 11.2 Å². The average molecular weight is 567 g/mol. The van der Waals surface area contributed by atoms with Crippen molar-refractivity contribution in [1.82, 2.24) is 9.21 Å². The third kappa shape index (κ3) is 7.71. The molecule has 0 N–H and O–H groups in total. The van der Waals surface area contributed by atoms with Gasteiger partial charge in [0.1, 0.15) is 5.75 Å². The zero-order chi connectivity index (χ0) is 27.4. The third-order valence-corrected chi connectivity index (χ3v) is 8.05. The number of carbonyl (C=O) groups is 1. The molecule has 7 nitrogen and oxygen atoms in total. The SMILES string of the molecule is CC(C)(CCCOc1ccc(Cl)cc1F)C(=O)N1CCN(S(=O)(=O)c2ccc(OC(F)(F)F)cc2)CC1. The molecule has 2 aromatic carbocycles. The van der Waals surface area contributed by atoms with Crippen LogP contribution >= 0.6 is 11.6 Å². The number of carbonyl (C=O) groups excluding carboxylic acids is 1. The Labute approximate surface area is 217 Å². The van der Waals surface area contributed by atoms with E-state index in [-0.39, 0.29) is 54.4 Å². The molecule has 0 atom stereocenters. The predicted molar refractivity (Wildman–Crippen MR) is 128 cm³/mol. The van der Waals surface area contributed by atoms with Crippen LogP contribution in [-0.4, -0.2) is 62.7 Å². The standard InChI is InChI=1S/C24H27ClF4N2O5S/c1-23(2,10-3-15-35-21-9-4-17(25)16-20(21)26)22(32)30-11-13-31(14-12-30)37(33,34)19-7-5-18(6-8-19)36-24(27,28)29/h4-9,16H,3,10-15H2,1-2H3. The van der Waals surface area contributed by atoms with Crippen molar-refractivity contribution in [3.05, 3.63) is 53.3 Å². The second kappa shape index (κ2) is 11.4. The smallest absolute Gasteiger partial charge is 0.491 e. The number of rotatable bonds is 9. The van der Waals surface area contributed by atoms with E-state index >= 15 is 0 Å². The van der Waals surface area contributed by atoms with E-state index in [0.717, 1.165) is 30.3 Å². The lowest BCUT2D eigenvalue weighted by Gasteiger charge is -2.38. The van der Waals surface area contributed by atoms with Gasteiger partial charge in [0.2, 0.25) is 15.9 Å². The van der Waals surface area contributed by atoms with Crippen molar-refractivity contribution in [3.63, 3.8) is 0 Å². The Morgan fingerprint density at radius 3 is 2.22 bits per heavy atom. The van der Waals surface area contributed by atoms with Crippen LogP contribution in [0.4, 0.5) is 17.6 Å². The van der Waals surface area contributed by atoms with Gasteiger partial charge in [0, 0.05) is 36.6 Å². The summed E-state index contributed by atoms with van der Waals surface area (Å²) in [4.78, 5) is 14.5. The highest BCUT2D eigenvalue weighted by Crippen LogP contribution is 2.29. The summed E-state index contributed by atoms with van der Waals surface area (Å²) < 4.78 is 87.0. The Morgan fingerprint density at radius 1 is 1.03 bits per heavy atom. The van der Waals surface area contributed by atoms with Gasteiger partial charge in [-0.05, 0) is 55.3 Å². The number of hydrogen-bond donors (Lipinski definition) is 0. The Balaban J connectivity index is 1.50. The molecule has 37 heavy (non-hydrogen) atoms. The van der Waals surface area contributed by atoms with E-state index in [0.29, 0.717) is 12.8 Å². The van der Waals surface area contributed by atoms with Crippen LogP contribution in [0.2, 0.25) is 5.02 Å². The molecule has 0 aromatic heterocycles. The number of benzene rings is 2. The molecule has 204 valence electrons. The summed E-state index contributed by atoms with van der Waals surface area (Å²) in [7, 11) is -3.95. The number of piperazine rings is 1. The number of sulfonamides is 1. The maximum absolute atomic E-state index is 13.8. The molecule has 0 aliphatic carbocycles. The first-order valence-electron chi connectivity index (χ1n) is 11.4. The number of ether oxygens (including phenoxy) is 2. The van der Waals surface area contributed by atoms with Crippen LogP contribution in [0.15, 0.2) is 47.4 Å². The summed E-state index contributed by atoms with van der Waals surface area (Å²) in [5.74, 6) is -1.15.